The molecule has 18 heavy (non-hydrogen) atoms. The van der Waals surface area contributed by atoms with Crippen LogP contribution in [0.4, 0.5) is 8.78 Å². The lowest BCUT2D eigenvalue weighted by Gasteiger charge is -2.22. The van der Waals surface area contributed by atoms with Crippen LogP contribution in [-0.4, -0.2) is 30.0 Å². The second kappa shape index (κ2) is 6.15. The maximum atomic E-state index is 13.0. The molecule has 0 aromatic heterocycles. The van der Waals surface area contributed by atoms with Crippen molar-refractivity contribution in [1.82, 2.24) is 10.6 Å². The first-order valence-electron chi connectivity index (χ1n) is 5.69. The molecule has 1 amide bonds. The summed E-state index contributed by atoms with van der Waals surface area (Å²) in [5.41, 5.74) is 0.547. The zero-order chi connectivity index (χ0) is 13.0. The van der Waals surface area contributed by atoms with Gasteiger partial charge in [0.1, 0.15) is 0 Å². The normalized spacial score (nSPS) is 19.6. The number of hydrogen-bond acceptors (Lipinski definition) is 3. The second-order valence-electron chi connectivity index (χ2n) is 4.05. The van der Waals surface area contributed by atoms with E-state index in [1.807, 2.05) is 0 Å². The van der Waals surface area contributed by atoms with Gasteiger partial charge < -0.3 is 10.6 Å². The summed E-state index contributed by atoms with van der Waals surface area (Å²) in [6.07, 6.45) is 0. The van der Waals surface area contributed by atoms with Gasteiger partial charge >= 0.3 is 0 Å². The number of benzene rings is 1. The maximum Gasteiger partial charge on any atom is 0.238 e. The van der Waals surface area contributed by atoms with E-state index in [4.69, 9.17) is 0 Å². The van der Waals surface area contributed by atoms with Crippen molar-refractivity contribution in [1.29, 1.82) is 0 Å². The molecule has 1 aliphatic heterocycles. The molecule has 0 aliphatic carbocycles. The molecule has 1 unspecified atom stereocenters. The summed E-state index contributed by atoms with van der Waals surface area (Å²) in [5, 5.41) is 5.82. The summed E-state index contributed by atoms with van der Waals surface area (Å²) < 4.78 is 25.7. The molecule has 1 aromatic carbocycles. The summed E-state index contributed by atoms with van der Waals surface area (Å²) in [7, 11) is 0. The summed E-state index contributed by atoms with van der Waals surface area (Å²) in [4.78, 5) is 11.8. The summed E-state index contributed by atoms with van der Waals surface area (Å²) in [6, 6.07) is 3.42. The van der Waals surface area contributed by atoms with E-state index in [9.17, 15) is 13.6 Å². The topological polar surface area (TPSA) is 41.1 Å². The largest absolute Gasteiger partial charge is 0.351 e. The average Bonchev–Trinajstić information content (AvgIpc) is 2.41. The van der Waals surface area contributed by atoms with Crippen LogP contribution in [0.1, 0.15) is 5.56 Å². The number of amides is 1. The molecule has 1 fully saturated rings. The van der Waals surface area contributed by atoms with Gasteiger partial charge in [0.15, 0.2) is 11.6 Å². The van der Waals surface area contributed by atoms with Crippen LogP contribution in [-0.2, 0) is 11.3 Å². The fourth-order valence-electron chi connectivity index (χ4n) is 1.70. The van der Waals surface area contributed by atoms with Gasteiger partial charge in [0, 0.05) is 24.6 Å². The molecular formula is C12H14F2N2OS. The first-order valence-corrected chi connectivity index (χ1v) is 6.85. The molecule has 1 saturated heterocycles. The van der Waals surface area contributed by atoms with Crippen LogP contribution >= 0.6 is 11.8 Å². The molecule has 0 spiro atoms. The van der Waals surface area contributed by atoms with Gasteiger partial charge in [-0.3, -0.25) is 4.79 Å². The first-order chi connectivity index (χ1) is 8.66. The van der Waals surface area contributed by atoms with Crippen molar-refractivity contribution < 1.29 is 13.6 Å². The van der Waals surface area contributed by atoms with E-state index in [1.54, 1.807) is 11.8 Å². The maximum absolute atomic E-state index is 13.0. The molecule has 6 heteroatoms. The molecule has 0 radical (unpaired) electrons. The molecule has 2 rings (SSSR count). The summed E-state index contributed by atoms with van der Waals surface area (Å²) >= 11 is 1.72. The third kappa shape index (κ3) is 3.43. The Balaban J connectivity index is 1.86. The number of thioether (sulfide) groups is 1. The minimum absolute atomic E-state index is 0.105. The van der Waals surface area contributed by atoms with E-state index in [0.29, 0.717) is 5.56 Å². The average molecular weight is 272 g/mol. The molecular weight excluding hydrogens is 258 g/mol. The van der Waals surface area contributed by atoms with Crippen LogP contribution in [0.5, 0.6) is 0 Å². The number of nitrogens with one attached hydrogen (secondary N) is 2. The number of hydrogen-bond donors (Lipinski definition) is 2. The lowest BCUT2D eigenvalue weighted by atomic mass is 10.2. The van der Waals surface area contributed by atoms with Gasteiger partial charge in [-0.1, -0.05) is 6.07 Å². The Bertz CT molecular complexity index is 436. The van der Waals surface area contributed by atoms with E-state index in [-0.39, 0.29) is 18.5 Å². The lowest BCUT2D eigenvalue weighted by molar-refractivity contribution is -0.122. The number of carbonyl (C=O) groups excluding carboxylic acids is 1. The number of halogens is 2. The molecule has 1 atom stereocenters. The van der Waals surface area contributed by atoms with Gasteiger partial charge in [0.05, 0.1) is 6.04 Å². The third-order valence-electron chi connectivity index (χ3n) is 2.69. The molecule has 0 bridgehead atoms. The van der Waals surface area contributed by atoms with Crippen molar-refractivity contribution in [3.05, 3.63) is 35.4 Å². The Labute approximate surface area is 108 Å². The van der Waals surface area contributed by atoms with Crippen molar-refractivity contribution >= 4 is 17.7 Å². The highest BCUT2D eigenvalue weighted by atomic mass is 32.2. The predicted molar refractivity (Wildman–Crippen MR) is 67.3 cm³/mol. The number of rotatable bonds is 3. The molecule has 3 nitrogen and oxygen atoms in total. The Morgan fingerprint density at radius 2 is 2.28 bits per heavy atom. The highest BCUT2D eigenvalue weighted by molar-refractivity contribution is 7.99. The smallest absolute Gasteiger partial charge is 0.238 e. The van der Waals surface area contributed by atoms with Gasteiger partial charge in [-0.25, -0.2) is 8.78 Å². The van der Waals surface area contributed by atoms with E-state index in [0.717, 1.165) is 30.2 Å². The van der Waals surface area contributed by atoms with E-state index < -0.39 is 11.6 Å². The van der Waals surface area contributed by atoms with Crippen LogP contribution in [0.3, 0.4) is 0 Å². The van der Waals surface area contributed by atoms with Crippen molar-refractivity contribution in [2.75, 3.05) is 18.1 Å². The quantitative estimate of drug-likeness (QED) is 0.871. The van der Waals surface area contributed by atoms with Crippen LogP contribution in [0, 0.1) is 11.6 Å². The zero-order valence-corrected chi connectivity index (χ0v) is 10.5. The Morgan fingerprint density at radius 1 is 1.44 bits per heavy atom. The second-order valence-corrected chi connectivity index (χ2v) is 5.20. The standard InChI is InChI=1S/C12H14F2N2OS/c13-9-2-1-8(5-10(9)14)6-16-12(17)11-7-18-4-3-15-11/h1-2,5,11,15H,3-4,6-7H2,(H,16,17). The first kappa shape index (κ1) is 13.3. The minimum atomic E-state index is -0.895. The number of carbonyl (C=O) groups is 1. The predicted octanol–water partition coefficient (Wildman–Crippen LogP) is 1.29. The van der Waals surface area contributed by atoms with Crippen molar-refractivity contribution in [3.63, 3.8) is 0 Å². The van der Waals surface area contributed by atoms with E-state index >= 15 is 0 Å². The molecule has 2 N–H and O–H groups in total. The fraction of sp³-hybridized carbons (Fsp3) is 0.417. The molecule has 98 valence electrons. The highest BCUT2D eigenvalue weighted by Gasteiger charge is 2.20. The Hall–Kier alpha value is -1.14. The molecule has 0 saturated carbocycles. The van der Waals surface area contributed by atoms with Crippen molar-refractivity contribution in [3.8, 4) is 0 Å². The van der Waals surface area contributed by atoms with Crippen LogP contribution in [0.2, 0.25) is 0 Å². The van der Waals surface area contributed by atoms with Crippen LogP contribution in [0.25, 0.3) is 0 Å². The minimum Gasteiger partial charge on any atom is -0.351 e. The van der Waals surface area contributed by atoms with Crippen LogP contribution in [0.15, 0.2) is 18.2 Å². The fourth-order valence-corrected chi connectivity index (χ4v) is 2.63. The Kier molecular flexibility index (Phi) is 4.54. The monoisotopic (exact) mass is 272 g/mol. The van der Waals surface area contributed by atoms with Gasteiger partial charge in [-0.15, -0.1) is 0 Å². The van der Waals surface area contributed by atoms with Gasteiger partial charge in [-0.2, -0.15) is 11.8 Å². The summed E-state index contributed by atoms with van der Waals surface area (Å²) in [5.74, 6) is -0.133. The SMILES string of the molecule is O=C(NCc1ccc(F)c(F)c1)C1CSCCN1. The zero-order valence-electron chi connectivity index (χ0n) is 9.71. The van der Waals surface area contributed by atoms with Crippen LogP contribution < -0.4 is 10.6 Å². The van der Waals surface area contributed by atoms with Gasteiger partial charge in [-0.05, 0) is 17.7 Å². The van der Waals surface area contributed by atoms with Crippen molar-refractivity contribution in [2.24, 2.45) is 0 Å². The van der Waals surface area contributed by atoms with Gasteiger partial charge in [0.25, 0.3) is 0 Å². The van der Waals surface area contributed by atoms with Crippen molar-refractivity contribution in [2.45, 2.75) is 12.6 Å². The Morgan fingerprint density at radius 3 is 2.94 bits per heavy atom. The van der Waals surface area contributed by atoms with E-state index in [1.165, 1.54) is 6.07 Å². The molecule has 1 aromatic rings. The summed E-state index contributed by atoms with van der Waals surface area (Å²) in [6.45, 7) is 1.02. The highest BCUT2D eigenvalue weighted by Crippen LogP contribution is 2.10. The van der Waals surface area contributed by atoms with Gasteiger partial charge in [0.2, 0.25) is 5.91 Å². The molecule has 1 aliphatic rings. The lowest BCUT2D eigenvalue weighted by Crippen LogP contribution is -2.48. The molecule has 1 heterocycles. The third-order valence-corrected chi connectivity index (χ3v) is 3.75. The van der Waals surface area contributed by atoms with E-state index in [2.05, 4.69) is 10.6 Å².